The number of alkyl carbamates (subject to hydrolysis) is 1. The second kappa shape index (κ2) is 7.41. The number of benzene rings is 2. The number of carbonyl (C=O) groups is 1. The summed E-state index contributed by atoms with van der Waals surface area (Å²) in [5.41, 5.74) is 2.98. The number of ether oxygens (including phenoxy) is 1. The number of hydrogen-bond donors (Lipinski definition) is 1. The molecule has 3 saturated heterocycles. The Labute approximate surface area is 168 Å². The van der Waals surface area contributed by atoms with Gasteiger partial charge in [0.25, 0.3) is 0 Å². The van der Waals surface area contributed by atoms with Crippen LogP contribution in [-0.2, 0) is 11.2 Å². The maximum atomic E-state index is 14.1. The number of rotatable bonds is 3. The zero-order valence-corrected chi connectivity index (χ0v) is 16.2. The van der Waals surface area contributed by atoms with Gasteiger partial charge in [-0.2, -0.15) is 0 Å². The van der Waals surface area contributed by atoms with Crippen LogP contribution in [0.25, 0.3) is 11.1 Å². The first kappa shape index (κ1) is 18.6. The first-order valence-electron chi connectivity index (χ1n) is 10.3. The van der Waals surface area contributed by atoms with Crippen LogP contribution in [0.15, 0.2) is 36.4 Å². The highest BCUT2D eigenvalue weighted by atomic mass is 19.2. The Bertz CT molecular complexity index is 940. The summed E-state index contributed by atoms with van der Waals surface area (Å²) in [6, 6.07) is 9.69. The zero-order chi connectivity index (χ0) is 20.0. The van der Waals surface area contributed by atoms with Crippen LogP contribution in [0, 0.1) is 17.6 Å². The van der Waals surface area contributed by atoms with Gasteiger partial charge in [-0.1, -0.05) is 30.3 Å². The molecule has 1 N–H and O–H groups in total. The number of aryl methyl sites for hydroxylation is 1. The van der Waals surface area contributed by atoms with Crippen molar-refractivity contribution in [3.05, 3.63) is 59.2 Å². The van der Waals surface area contributed by atoms with Gasteiger partial charge in [0.05, 0.1) is 6.04 Å². The van der Waals surface area contributed by atoms with Crippen LogP contribution >= 0.6 is 0 Å². The molecule has 3 fully saturated rings. The second-order valence-electron chi connectivity index (χ2n) is 8.33. The highest BCUT2D eigenvalue weighted by Gasteiger charge is 2.37. The molecule has 2 bridgehead atoms. The van der Waals surface area contributed by atoms with E-state index in [2.05, 4.69) is 10.2 Å². The predicted octanol–water partition coefficient (Wildman–Crippen LogP) is 4.44. The molecule has 2 atom stereocenters. The lowest BCUT2D eigenvalue weighted by Crippen LogP contribution is -2.52. The summed E-state index contributed by atoms with van der Waals surface area (Å²) in [6.07, 6.45) is 3.39. The van der Waals surface area contributed by atoms with E-state index >= 15 is 0 Å². The molecule has 0 radical (unpaired) electrons. The van der Waals surface area contributed by atoms with Crippen LogP contribution in [0.5, 0.6) is 0 Å². The molecule has 0 spiro atoms. The minimum atomic E-state index is -0.849. The summed E-state index contributed by atoms with van der Waals surface area (Å²) in [5, 5.41) is 3.01. The molecule has 3 heterocycles. The lowest BCUT2D eigenvalue weighted by atomic mass is 9.86. The summed E-state index contributed by atoms with van der Waals surface area (Å²) in [5.74, 6) is -1.20. The monoisotopic (exact) mass is 398 g/mol. The van der Waals surface area contributed by atoms with Crippen LogP contribution in [0.3, 0.4) is 0 Å². The van der Waals surface area contributed by atoms with Crippen molar-refractivity contribution in [2.45, 2.75) is 37.8 Å². The Morgan fingerprint density at radius 1 is 1.10 bits per heavy atom. The minimum Gasteiger partial charge on any atom is -0.445 e. The molecule has 1 unspecified atom stereocenters. The zero-order valence-electron chi connectivity index (χ0n) is 16.2. The Balaban J connectivity index is 1.28. The molecule has 2 aromatic carbocycles. The van der Waals surface area contributed by atoms with Crippen LogP contribution in [-0.4, -0.2) is 36.7 Å². The van der Waals surface area contributed by atoms with E-state index < -0.39 is 11.6 Å². The molecule has 0 aromatic heterocycles. The number of halogens is 2. The quantitative estimate of drug-likeness (QED) is 0.831. The summed E-state index contributed by atoms with van der Waals surface area (Å²) >= 11 is 0. The van der Waals surface area contributed by atoms with Crippen LogP contribution in [0.1, 0.15) is 36.4 Å². The van der Waals surface area contributed by atoms with Crippen molar-refractivity contribution >= 4 is 6.09 Å². The maximum Gasteiger partial charge on any atom is 0.407 e. The van der Waals surface area contributed by atoms with Crippen molar-refractivity contribution in [2.24, 2.45) is 5.92 Å². The van der Waals surface area contributed by atoms with Crippen molar-refractivity contribution in [1.82, 2.24) is 10.2 Å². The third-order valence-electron chi connectivity index (χ3n) is 6.63. The van der Waals surface area contributed by atoms with Gasteiger partial charge < -0.3 is 10.1 Å². The highest BCUT2D eigenvalue weighted by Crippen LogP contribution is 2.36. The summed E-state index contributed by atoms with van der Waals surface area (Å²) in [7, 11) is 0. The fraction of sp³-hybridized carbons (Fsp3) is 0.435. The van der Waals surface area contributed by atoms with Gasteiger partial charge in [0.1, 0.15) is 6.10 Å². The summed E-state index contributed by atoms with van der Waals surface area (Å²) < 4.78 is 33.4. The van der Waals surface area contributed by atoms with Crippen molar-refractivity contribution in [1.29, 1.82) is 0 Å². The fourth-order valence-electron chi connectivity index (χ4n) is 5.02. The smallest absolute Gasteiger partial charge is 0.407 e. The number of piperidine rings is 3. The molecule has 1 amide bonds. The number of amides is 1. The van der Waals surface area contributed by atoms with Gasteiger partial charge in [0.2, 0.25) is 0 Å². The average molecular weight is 398 g/mol. The molecular weight excluding hydrogens is 374 g/mol. The number of hydrogen-bond acceptors (Lipinski definition) is 3. The highest BCUT2D eigenvalue weighted by molar-refractivity contribution is 5.70. The third kappa shape index (κ3) is 3.50. The Hall–Kier alpha value is -2.47. The lowest BCUT2D eigenvalue weighted by Gasteiger charge is -2.43. The van der Waals surface area contributed by atoms with E-state index in [-0.39, 0.29) is 23.8 Å². The van der Waals surface area contributed by atoms with Crippen molar-refractivity contribution in [3.63, 3.8) is 0 Å². The summed E-state index contributed by atoms with van der Waals surface area (Å²) in [6.45, 7) is 3.05. The Morgan fingerprint density at radius 2 is 1.93 bits per heavy atom. The number of carbonyl (C=O) groups excluding carboxylic acids is 1. The van der Waals surface area contributed by atoms with Crippen LogP contribution in [0.2, 0.25) is 0 Å². The van der Waals surface area contributed by atoms with E-state index in [1.54, 1.807) is 12.1 Å². The molecule has 2 aromatic rings. The third-order valence-corrected chi connectivity index (χ3v) is 6.63. The molecule has 0 saturated carbocycles. The summed E-state index contributed by atoms with van der Waals surface area (Å²) in [4.78, 5) is 14.8. The molecular formula is C23H24F2N2O2. The van der Waals surface area contributed by atoms with Gasteiger partial charge in [-0.25, -0.2) is 13.6 Å². The van der Waals surface area contributed by atoms with E-state index in [0.717, 1.165) is 62.5 Å². The SMILES string of the molecule is O=C(NC1CCc2cc(-c3cccc(F)c3F)ccc21)O[C@H]1CN2CCC1CC2. The Morgan fingerprint density at radius 3 is 2.69 bits per heavy atom. The van der Waals surface area contributed by atoms with Gasteiger partial charge in [0.15, 0.2) is 11.6 Å². The van der Waals surface area contributed by atoms with Gasteiger partial charge in [-0.15, -0.1) is 0 Å². The fourth-order valence-corrected chi connectivity index (χ4v) is 5.02. The standard InChI is InChI=1S/C23H24F2N2O2/c24-19-3-1-2-18(22(19)25)16-4-6-17-15(12-16)5-7-20(17)26-23(28)29-21-13-27-10-8-14(21)9-11-27/h1-4,6,12,14,20-21H,5,7-11,13H2,(H,26,28)/t20?,21-/m0/s1. The lowest BCUT2D eigenvalue weighted by molar-refractivity contribution is -0.0339. The molecule has 4 nitrogen and oxygen atoms in total. The normalized spacial score (nSPS) is 27.5. The molecule has 29 heavy (non-hydrogen) atoms. The van der Waals surface area contributed by atoms with E-state index in [1.807, 2.05) is 12.1 Å². The van der Waals surface area contributed by atoms with Crippen molar-refractivity contribution < 1.29 is 18.3 Å². The maximum absolute atomic E-state index is 14.1. The largest absolute Gasteiger partial charge is 0.445 e. The topological polar surface area (TPSA) is 41.6 Å². The van der Waals surface area contributed by atoms with Gasteiger partial charge in [-0.3, -0.25) is 4.90 Å². The van der Waals surface area contributed by atoms with Crippen LogP contribution in [0.4, 0.5) is 13.6 Å². The first-order chi connectivity index (χ1) is 14.1. The number of nitrogens with one attached hydrogen (secondary N) is 1. The molecule has 152 valence electrons. The molecule has 1 aliphatic carbocycles. The van der Waals surface area contributed by atoms with Gasteiger partial charge in [-0.05, 0) is 67.4 Å². The van der Waals surface area contributed by atoms with E-state index in [4.69, 9.17) is 4.74 Å². The van der Waals surface area contributed by atoms with Crippen molar-refractivity contribution in [2.75, 3.05) is 19.6 Å². The van der Waals surface area contributed by atoms with Crippen LogP contribution < -0.4 is 5.32 Å². The molecule has 4 aliphatic rings. The van der Waals surface area contributed by atoms with E-state index in [1.165, 1.54) is 6.07 Å². The minimum absolute atomic E-state index is 0.0169. The molecule has 6 rings (SSSR count). The van der Waals surface area contributed by atoms with Gasteiger partial charge in [0, 0.05) is 12.1 Å². The van der Waals surface area contributed by atoms with E-state index in [9.17, 15) is 13.6 Å². The predicted molar refractivity (Wildman–Crippen MR) is 105 cm³/mol. The molecule has 3 aliphatic heterocycles. The molecule has 6 heteroatoms. The number of fused-ring (bicyclic) bond motifs is 4. The Kier molecular flexibility index (Phi) is 4.74. The number of nitrogens with zero attached hydrogens (tertiary/aromatic N) is 1. The first-order valence-corrected chi connectivity index (χ1v) is 10.3. The van der Waals surface area contributed by atoms with Crippen molar-refractivity contribution in [3.8, 4) is 11.1 Å². The van der Waals surface area contributed by atoms with E-state index in [0.29, 0.717) is 11.5 Å². The van der Waals surface area contributed by atoms with Gasteiger partial charge >= 0.3 is 6.09 Å². The second-order valence-corrected chi connectivity index (χ2v) is 8.33. The average Bonchev–Trinajstić information content (AvgIpc) is 3.13.